The van der Waals surface area contributed by atoms with Gasteiger partial charge in [-0.1, -0.05) is 29.3 Å². The van der Waals surface area contributed by atoms with Crippen LogP contribution in [0.4, 0.5) is 5.82 Å². The van der Waals surface area contributed by atoms with Gasteiger partial charge in [-0.25, -0.2) is 4.68 Å². The van der Waals surface area contributed by atoms with Gasteiger partial charge in [0.05, 0.1) is 23.2 Å². The molecule has 0 saturated carbocycles. The van der Waals surface area contributed by atoms with Crippen molar-refractivity contribution < 1.29 is 0 Å². The van der Waals surface area contributed by atoms with Crippen molar-refractivity contribution in [2.24, 2.45) is 5.10 Å². The van der Waals surface area contributed by atoms with Crippen LogP contribution in [0.1, 0.15) is 16.8 Å². The van der Waals surface area contributed by atoms with Crippen LogP contribution in [-0.2, 0) is 0 Å². The molecule has 0 saturated heterocycles. The van der Waals surface area contributed by atoms with E-state index in [4.69, 9.17) is 28.9 Å². The molecular formula is C17H15Cl2N5O. The Labute approximate surface area is 154 Å². The molecule has 0 spiro atoms. The SMILES string of the molecule is Cc1cc(N)n(N=Cc2c(C)nn(-c3cccc(Cl)c3)c2Cl)c(=O)c1. The fourth-order valence-corrected chi connectivity index (χ4v) is 2.90. The minimum Gasteiger partial charge on any atom is -0.384 e. The van der Waals surface area contributed by atoms with Gasteiger partial charge in [0.2, 0.25) is 0 Å². The molecular weight excluding hydrogens is 361 g/mol. The lowest BCUT2D eigenvalue weighted by Crippen LogP contribution is -2.19. The van der Waals surface area contributed by atoms with Crippen LogP contribution in [0.15, 0.2) is 46.3 Å². The average molecular weight is 376 g/mol. The molecule has 2 heterocycles. The Morgan fingerprint density at radius 2 is 1.96 bits per heavy atom. The van der Waals surface area contributed by atoms with E-state index in [-0.39, 0.29) is 11.4 Å². The van der Waals surface area contributed by atoms with Gasteiger partial charge in [-0.2, -0.15) is 14.9 Å². The molecule has 1 aromatic carbocycles. The minimum atomic E-state index is -0.315. The minimum absolute atomic E-state index is 0.247. The van der Waals surface area contributed by atoms with Gasteiger partial charge in [0.25, 0.3) is 5.56 Å². The predicted molar refractivity (Wildman–Crippen MR) is 101 cm³/mol. The first-order chi connectivity index (χ1) is 11.9. The molecule has 0 radical (unpaired) electrons. The Bertz CT molecular complexity index is 1040. The first kappa shape index (κ1) is 17.3. The number of benzene rings is 1. The van der Waals surface area contributed by atoms with Crippen LogP contribution in [0.25, 0.3) is 5.69 Å². The summed E-state index contributed by atoms with van der Waals surface area (Å²) in [5.41, 5.74) is 8.30. The number of hydrogen-bond acceptors (Lipinski definition) is 4. The van der Waals surface area contributed by atoms with Gasteiger partial charge in [0.1, 0.15) is 11.0 Å². The number of halogens is 2. The van der Waals surface area contributed by atoms with Crippen molar-refractivity contribution in [2.75, 3.05) is 5.73 Å². The van der Waals surface area contributed by atoms with E-state index in [1.54, 1.807) is 36.7 Å². The number of rotatable bonds is 3. The zero-order chi connectivity index (χ0) is 18.1. The Kier molecular flexibility index (Phi) is 4.65. The third-order valence-corrected chi connectivity index (χ3v) is 4.18. The third kappa shape index (κ3) is 3.45. The summed E-state index contributed by atoms with van der Waals surface area (Å²) in [5, 5.41) is 9.50. The largest absolute Gasteiger partial charge is 0.384 e. The molecule has 0 amide bonds. The van der Waals surface area contributed by atoms with Crippen molar-refractivity contribution in [3.63, 3.8) is 0 Å². The summed E-state index contributed by atoms with van der Waals surface area (Å²) in [6, 6.07) is 10.3. The summed E-state index contributed by atoms with van der Waals surface area (Å²) >= 11 is 12.5. The first-order valence-electron chi connectivity index (χ1n) is 7.41. The fraction of sp³-hybridized carbons (Fsp3) is 0.118. The summed E-state index contributed by atoms with van der Waals surface area (Å²) < 4.78 is 2.67. The Morgan fingerprint density at radius 3 is 2.64 bits per heavy atom. The summed E-state index contributed by atoms with van der Waals surface area (Å²) in [6.45, 7) is 3.59. The quantitative estimate of drug-likeness (QED) is 0.712. The molecule has 0 bridgehead atoms. The molecule has 0 unspecified atom stereocenters. The van der Waals surface area contributed by atoms with Crippen molar-refractivity contribution in [1.29, 1.82) is 0 Å². The maximum atomic E-state index is 12.0. The van der Waals surface area contributed by atoms with E-state index in [1.165, 1.54) is 12.3 Å². The third-order valence-electron chi connectivity index (χ3n) is 3.58. The highest BCUT2D eigenvalue weighted by Crippen LogP contribution is 2.23. The van der Waals surface area contributed by atoms with Crippen LogP contribution in [0, 0.1) is 13.8 Å². The zero-order valence-electron chi connectivity index (χ0n) is 13.6. The van der Waals surface area contributed by atoms with E-state index < -0.39 is 0 Å². The van der Waals surface area contributed by atoms with E-state index in [0.29, 0.717) is 21.4 Å². The summed E-state index contributed by atoms with van der Waals surface area (Å²) in [4.78, 5) is 12.0. The maximum Gasteiger partial charge on any atom is 0.273 e. The maximum absolute atomic E-state index is 12.0. The Morgan fingerprint density at radius 1 is 1.20 bits per heavy atom. The highest BCUT2D eigenvalue weighted by atomic mass is 35.5. The van der Waals surface area contributed by atoms with Crippen LogP contribution >= 0.6 is 23.2 Å². The van der Waals surface area contributed by atoms with E-state index in [2.05, 4.69) is 10.2 Å². The summed E-state index contributed by atoms with van der Waals surface area (Å²) in [5.74, 6) is 0.247. The van der Waals surface area contributed by atoms with Gasteiger partial charge in [-0.05, 0) is 43.7 Å². The molecule has 0 fully saturated rings. The lowest BCUT2D eigenvalue weighted by Gasteiger charge is -2.04. The first-order valence-corrected chi connectivity index (χ1v) is 8.17. The van der Waals surface area contributed by atoms with Gasteiger partial charge in [-0.15, -0.1) is 0 Å². The molecule has 6 nitrogen and oxygen atoms in total. The molecule has 2 aromatic heterocycles. The smallest absolute Gasteiger partial charge is 0.273 e. The second-order valence-electron chi connectivity index (χ2n) is 5.53. The van der Waals surface area contributed by atoms with Crippen LogP contribution in [0.2, 0.25) is 10.2 Å². The van der Waals surface area contributed by atoms with Crippen LogP contribution in [-0.4, -0.2) is 20.7 Å². The molecule has 8 heteroatoms. The van der Waals surface area contributed by atoms with Crippen molar-refractivity contribution in [3.8, 4) is 5.69 Å². The molecule has 0 aliphatic heterocycles. The van der Waals surface area contributed by atoms with E-state index in [9.17, 15) is 4.79 Å². The van der Waals surface area contributed by atoms with Crippen LogP contribution < -0.4 is 11.3 Å². The number of aryl methyl sites for hydroxylation is 2. The number of nitrogens with zero attached hydrogens (tertiary/aromatic N) is 4. The highest BCUT2D eigenvalue weighted by Gasteiger charge is 2.13. The average Bonchev–Trinajstić information content (AvgIpc) is 2.81. The normalized spacial score (nSPS) is 11.4. The van der Waals surface area contributed by atoms with Gasteiger partial charge in [0, 0.05) is 11.1 Å². The van der Waals surface area contributed by atoms with Gasteiger partial charge in [0.15, 0.2) is 0 Å². The molecule has 3 aromatic rings. The van der Waals surface area contributed by atoms with Crippen LogP contribution in [0.5, 0.6) is 0 Å². The van der Waals surface area contributed by atoms with Crippen molar-refractivity contribution in [1.82, 2.24) is 14.5 Å². The Balaban J connectivity index is 2.04. The Hall–Kier alpha value is -2.57. The van der Waals surface area contributed by atoms with E-state index in [0.717, 1.165) is 15.9 Å². The lowest BCUT2D eigenvalue weighted by molar-refractivity contribution is 0.843. The number of nitrogen functional groups attached to an aromatic ring is 1. The summed E-state index contributed by atoms with van der Waals surface area (Å²) in [6.07, 6.45) is 1.47. The van der Waals surface area contributed by atoms with Gasteiger partial charge >= 0.3 is 0 Å². The lowest BCUT2D eigenvalue weighted by atomic mass is 10.3. The molecule has 0 aliphatic rings. The molecule has 3 rings (SSSR count). The topological polar surface area (TPSA) is 78.2 Å². The zero-order valence-corrected chi connectivity index (χ0v) is 15.1. The number of pyridine rings is 1. The molecule has 25 heavy (non-hydrogen) atoms. The summed E-state index contributed by atoms with van der Waals surface area (Å²) in [7, 11) is 0. The van der Waals surface area contributed by atoms with Gasteiger partial charge in [-0.3, -0.25) is 4.79 Å². The van der Waals surface area contributed by atoms with Crippen molar-refractivity contribution in [3.05, 3.63) is 73.7 Å². The van der Waals surface area contributed by atoms with Crippen LogP contribution in [0.3, 0.4) is 0 Å². The molecule has 128 valence electrons. The van der Waals surface area contributed by atoms with Crippen molar-refractivity contribution in [2.45, 2.75) is 13.8 Å². The fourth-order valence-electron chi connectivity index (χ4n) is 2.40. The molecule has 2 N–H and O–H groups in total. The molecule has 0 aliphatic carbocycles. The number of hydrogen-bond donors (Lipinski definition) is 1. The standard InChI is InChI=1S/C17H15Cl2N5O/c1-10-6-15(20)24(16(25)7-10)21-9-14-11(2)22-23(17(14)19)13-5-3-4-12(18)8-13/h3-9H,20H2,1-2H3. The molecule has 0 atom stereocenters. The van der Waals surface area contributed by atoms with Gasteiger partial charge < -0.3 is 5.73 Å². The number of aromatic nitrogens is 3. The number of nitrogens with two attached hydrogens (primary N) is 1. The van der Waals surface area contributed by atoms with E-state index >= 15 is 0 Å². The highest BCUT2D eigenvalue weighted by molar-refractivity contribution is 6.32. The van der Waals surface area contributed by atoms with Crippen molar-refractivity contribution >= 4 is 35.2 Å². The monoisotopic (exact) mass is 375 g/mol. The predicted octanol–water partition coefficient (Wildman–Crippen LogP) is 3.42. The second-order valence-corrected chi connectivity index (χ2v) is 6.33. The number of anilines is 1. The van der Waals surface area contributed by atoms with E-state index in [1.807, 2.05) is 12.1 Å². The second kappa shape index (κ2) is 6.74.